The predicted molar refractivity (Wildman–Crippen MR) is 90.9 cm³/mol. The first-order valence-electron chi connectivity index (χ1n) is 8.86. The maximum absolute atomic E-state index is 11.3. The van der Waals surface area contributed by atoms with E-state index in [-0.39, 0.29) is 0 Å². The molecule has 12 nitrogen and oxygen atoms in total. The summed E-state index contributed by atoms with van der Waals surface area (Å²) in [5.74, 6) is -0.533. The van der Waals surface area contributed by atoms with E-state index in [2.05, 4.69) is 9.68 Å². The summed E-state index contributed by atoms with van der Waals surface area (Å²) >= 11 is 0. The Morgan fingerprint density at radius 1 is 1.00 bits per heavy atom. The second-order valence-electron chi connectivity index (χ2n) is 7.12. The van der Waals surface area contributed by atoms with Crippen molar-refractivity contribution >= 4 is 5.91 Å². The quantitative estimate of drug-likeness (QED) is 0.210. The molecule has 2 heterocycles. The van der Waals surface area contributed by atoms with Gasteiger partial charge < -0.3 is 54.5 Å². The van der Waals surface area contributed by atoms with Crippen molar-refractivity contribution in [3.8, 4) is 0 Å². The standard InChI is InChI=1S/C16H29NO11/c1-6(20)17-9-11(22)13(8(5-19)25-15(9)24)27-16-12(23)14(28(2)3)10(21)7(4-18)26-16/h7-16,18-19,21-24H,4-5H2,1-3H3/p+1/t7-,8-,9-,10+,11-,12-,13-,14+,15-,16+/m1/s1. The third-order valence-electron chi connectivity index (χ3n) is 4.90. The number of ether oxygens (including phenoxy) is 3. The fraction of sp³-hybridized carbons (Fsp3) is 0.938. The molecule has 164 valence electrons. The largest absolute Gasteiger partial charge is 0.420 e. The Hall–Kier alpha value is -0.930. The summed E-state index contributed by atoms with van der Waals surface area (Å²) in [6, 6.07) is -1.25. The number of carbonyl (C=O) groups excluding carboxylic acids is 1. The number of hydrogen-bond donors (Lipinski definition) is 7. The number of aliphatic hydroxyl groups excluding tert-OH is 6. The lowest BCUT2D eigenvalue weighted by Crippen LogP contribution is -2.67. The van der Waals surface area contributed by atoms with Crippen molar-refractivity contribution in [1.29, 1.82) is 0 Å². The van der Waals surface area contributed by atoms with Gasteiger partial charge in [0.25, 0.3) is 0 Å². The Morgan fingerprint density at radius 2 is 1.61 bits per heavy atom. The number of nitrogens with one attached hydrogen (secondary N) is 1. The van der Waals surface area contributed by atoms with Gasteiger partial charge in [-0.1, -0.05) is 0 Å². The van der Waals surface area contributed by atoms with Crippen molar-refractivity contribution in [2.24, 2.45) is 0 Å². The van der Waals surface area contributed by atoms with Crippen LogP contribution in [0, 0.1) is 0 Å². The van der Waals surface area contributed by atoms with E-state index in [9.17, 15) is 35.4 Å². The van der Waals surface area contributed by atoms with Crippen molar-refractivity contribution in [2.75, 3.05) is 27.4 Å². The molecular formula is C16H30NO11+. The zero-order valence-corrected chi connectivity index (χ0v) is 15.9. The molecule has 0 aromatic heterocycles. The van der Waals surface area contributed by atoms with E-state index in [1.807, 2.05) is 0 Å². The number of rotatable bonds is 6. The van der Waals surface area contributed by atoms with E-state index in [4.69, 9.17) is 14.2 Å². The predicted octanol–water partition coefficient (Wildman–Crippen LogP) is -4.43. The van der Waals surface area contributed by atoms with E-state index in [0.717, 1.165) is 0 Å². The van der Waals surface area contributed by atoms with Gasteiger partial charge in [0.15, 0.2) is 24.8 Å². The topological polar surface area (TPSA) is 181 Å². The third kappa shape index (κ3) is 4.79. The van der Waals surface area contributed by atoms with Gasteiger partial charge in [-0.05, 0) is 0 Å². The minimum Gasteiger partial charge on any atom is -0.420 e. The summed E-state index contributed by atoms with van der Waals surface area (Å²) in [4.78, 5) is 11.3. The average Bonchev–Trinajstić information content (AvgIpc) is 2.62. The maximum atomic E-state index is 11.3. The minimum atomic E-state index is -1.59. The molecule has 0 spiro atoms. The second kappa shape index (κ2) is 9.71. The fourth-order valence-electron chi connectivity index (χ4n) is 3.52. The van der Waals surface area contributed by atoms with Crippen LogP contribution in [0.5, 0.6) is 0 Å². The second-order valence-corrected chi connectivity index (χ2v) is 7.12. The van der Waals surface area contributed by atoms with Gasteiger partial charge in [-0.15, -0.1) is 0 Å². The van der Waals surface area contributed by atoms with Crippen LogP contribution in [0.4, 0.5) is 0 Å². The average molecular weight is 412 g/mol. The maximum Gasteiger partial charge on any atom is 0.217 e. The summed E-state index contributed by atoms with van der Waals surface area (Å²) in [6.45, 7) is -0.00109. The smallest absolute Gasteiger partial charge is 0.217 e. The van der Waals surface area contributed by atoms with E-state index >= 15 is 0 Å². The van der Waals surface area contributed by atoms with Gasteiger partial charge in [-0.25, -0.2) is 0 Å². The van der Waals surface area contributed by atoms with Crippen LogP contribution >= 0.6 is 0 Å². The molecule has 2 saturated heterocycles. The van der Waals surface area contributed by atoms with Crippen LogP contribution in [0.2, 0.25) is 0 Å². The highest BCUT2D eigenvalue weighted by atomic mass is 16.7. The molecule has 12 heteroatoms. The molecule has 0 aromatic carbocycles. The van der Waals surface area contributed by atoms with Gasteiger partial charge in [-0.3, -0.25) is 4.79 Å². The van der Waals surface area contributed by atoms with E-state index in [1.165, 1.54) is 21.1 Å². The van der Waals surface area contributed by atoms with Crippen LogP contribution in [0.1, 0.15) is 6.92 Å². The van der Waals surface area contributed by atoms with E-state index in [0.29, 0.717) is 0 Å². The zero-order valence-electron chi connectivity index (χ0n) is 15.9. The molecule has 0 aromatic rings. The van der Waals surface area contributed by atoms with Gasteiger partial charge in [0.1, 0.15) is 44.7 Å². The first-order chi connectivity index (χ1) is 13.1. The molecule has 0 unspecified atom stereocenters. The monoisotopic (exact) mass is 412 g/mol. The van der Waals surface area contributed by atoms with Crippen LogP contribution in [0.3, 0.4) is 0 Å². The SMILES string of the molecule is CC(=O)N[C@@H]1[C@@H](O)[C@H](O[C@@H]2O[C@H](CO)[C@H](O)[C@H]([O+](C)C)[C@H]2O)[C@@H](CO)O[C@H]1O. The van der Waals surface area contributed by atoms with Crippen molar-refractivity contribution in [3.63, 3.8) is 0 Å². The Morgan fingerprint density at radius 3 is 2.11 bits per heavy atom. The van der Waals surface area contributed by atoms with Crippen molar-refractivity contribution in [2.45, 2.75) is 68.3 Å². The number of hydrogen-bond acceptors (Lipinski definition) is 10. The van der Waals surface area contributed by atoms with Crippen LogP contribution in [0.25, 0.3) is 0 Å². The number of aliphatic hydroxyl groups is 6. The minimum absolute atomic E-state index is 0.533. The lowest BCUT2D eigenvalue weighted by molar-refractivity contribution is -0.364. The Labute approximate surface area is 161 Å². The molecular weight excluding hydrogens is 382 g/mol. The van der Waals surface area contributed by atoms with E-state index < -0.39 is 80.5 Å². The van der Waals surface area contributed by atoms with Crippen molar-refractivity contribution in [3.05, 3.63) is 0 Å². The molecule has 0 bridgehead atoms. The highest BCUT2D eigenvalue weighted by molar-refractivity contribution is 5.73. The molecule has 10 atom stereocenters. The Kier molecular flexibility index (Phi) is 8.10. The van der Waals surface area contributed by atoms with Crippen LogP contribution in [0.15, 0.2) is 0 Å². The zero-order chi connectivity index (χ0) is 21.2. The fourth-order valence-corrected chi connectivity index (χ4v) is 3.52. The molecule has 2 aliphatic heterocycles. The van der Waals surface area contributed by atoms with Crippen LogP contribution in [-0.4, -0.2) is 125 Å². The Bertz CT molecular complexity index is 521. The van der Waals surface area contributed by atoms with E-state index in [1.54, 1.807) is 0 Å². The third-order valence-corrected chi connectivity index (χ3v) is 4.90. The van der Waals surface area contributed by atoms with Crippen molar-refractivity contribution in [1.82, 2.24) is 5.32 Å². The number of amides is 1. The number of carbonyl (C=O) groups is 1. The lowest BCUT2D eigenvalue weighted by atomic mass is 9.95. The van der Waals surface area contributed by atoms with Gasteiger partial charge in [0, 0.05) is 6.92 Å². The van der Waals surface area contributed by atoms with Gasteiger partial charge in [-0.2, -0.15) is 0 Å². The summed E-state index contributed by atoms with van der Waals surface area (Å²) in [7, 11) is 3.07. The molecule has 0 radical (unpaired) electrons. The van der Waals surface area contributed by atoms with Gasteiger partial charge >= 0.3 is 0 Å². The molecule has 0 aliphatic carbocycles. The molecule has 2 fully saturated rings. The highest BCUT2D eigenvalue weighted by Gasteiger charge is 2.53. The molecule has 2 rings (SSSR count). The lowest BCUT2D eigenvalue weighted by Gasteiger charge is -2.46. The van der Waals surface area contributed by atoms with Crippen molar-refractivity contribution < 1.29 is 54.0 Å². The summed E-state index contributed by atoms with van der Waals surface area (Å²) in [5, 5.41) is 62.7. The first kappa shape index (κ1) is 23.3. The summed E-state index contributed by atoms with van der Waals surface area (Å²) < 4.78 is 18.7. The first-order valence-corrected chi connectivity index (χ1v) is 8.86. The molecule has 0 saturated carbocycles. The molecule has 2 aliphatic rings. The summed E-state index contributed by atoms with van der Waals surface area (Å²) in [6.07, 6.45) is -11.7. The normalized spacial score (nSPS) is 44.5. The molecule has 1 amide bonds. The highest BCUT2D eigenvalue weighted by Crippen LogP contribution is 2.30. The van der Waals surface area contributed by atoms with Crippen LogP contribution in [-0.2, 0) is 23.4 Å². The molecule has 28 heavy (non-hydrogen) atoms. The van der Waals surface area contributed by atoms with Crippen LogP contribution < -0.4 is 5.32 Å². The molecule has 7 N–H and O–H groups in total. The Balaban J connectivity index is 2.22. The van der Waals surface area contributed by atoms with Gasteiger partial charge in [0.2, 0.25) is 12.0 Å². The van der Waals surface area contributed by atoms with Gasteiger partial charge in [0.05, 0.1) is 13.2 Å². The summed E-state index contributed by atoms with van der Waals surface area (Å²) in [5.41, 5.74) is 0.